The van der Waals surface area contributed by atoms with Gasteiger partial charge in [-0.1, -0.05) is 41.9 Å². The standard InChI is InChI=1S/C26H27ClN4O3/c1-16-17(26(27)31(2)30-16)12-13-24(32)29-15-21(19-9-7-11-23(33-3)25(19)34-4)20-14-28-22-10-6-5-8-18(20)22/h5-14,21,28H,15H2,1-4H3,(H,29,32)/b13-12+. The van der Waals surface area contributed by atoms with E-state index in [9.17, 15) is 4.79 Å². The summed E-state index contributed by atoms with van der Waals surface area (Å²) >= 11 is 6.28. The number of benzene rings is 2. The van der Waals surface area contributed by atoms with E-state index in [4.69, 9.17) is 21.1 Å². The quantitative estimate of drug-likeness (QED) is 0.355. The predicted molar refractivity (Wildman–Crippen MR) is 135 cm³/mol. The van der Waals surface area contributed by atoms with Gasteiger partial charge in [0.15, 0.2) is 11.5 Å². The van der Waals surface area contributed by atoms with Crippen LogP contribution in [0.4, 0.5) is 0 Å². The second kappa shape index (κ2) is 10.1. The number of fused-ring (bicyclic) bond motifs is 1. The monoisotopic (exact) mass is 478 g/mol. The first-order chi connectivity index (χ1) is 16.4. The number of para-hydroxylation sites is 2. The number of carbonyl (C=O) groups is 1. The maximum absolute atomic E-state index is 12.8. The highest BCUT2D eigenvalue weighted by Gasteiger charge is 2.24. The number of ether oxygens (including phenoxy) is 2. The lowest BCUT2D eigenvalue weighted by Crippen LogP contribution is -2.27. The Hall–Kier alpha value is -3.71. The van der Waals surface area contributed by atoms with Crippen molar-refractivity contribution >= 4 is 34.5 Å². The number of aromatic nitrogens is 3. The molecule has 1 unspecified atom stereocenters. The zero-order valence-corrected chi connectivity index (χ0v) is 20.3. The van der Waals surface area contributed by atoms with E-state index in [0.717, 1.165) is 33.3 Å². The van der Waals surface area contributed by atoms with Crippen LogP contribution in [0, 0.1) is 6.92 Å². The highest BCUT2D eigenvalue weighted by molar-refractivity contribution is 6.31. The molecular formula is C26H27ClN4O3. The van der Waals surface area contributed by atoms with Crippen molar-refractivity contribution in [2.24, 2.45) is 7.05 Å². The molecule has 7 nitrogen and oxygen atoms in total. The number of nitrogens with zero attached hydrogens (tertiary/aromatic N) is 2. The van der Waals surface area contributed by atoms with Crippen LogP contribution >= 0.6 is 11.6 Å². The fraction of sp³-hybridized carbons (Fsp3) is 0.231. The van der Waals surface area contributed by atoms with Crippen molar-refractivity contribution in [1.29, 1.82) is 0 Å². The van der Waals surface area contributed by atoms with E-state index in [-0.39, 0.29) is 11.8 Å². The van der Waals surface area contributed by atoms with Crippen molar-refractivity contribution in [2.75, 3.05) is 20.8 Å². The molecule has 4 rings (SSSR count). The van der Waals surface area contributed by atoms with Crippen molar-refractivity contribution in [1.82, 2.24) is 20.1 Å². The van der Waals surface area contributed by atoms with Crippen LogP contribution in [0.15, 0.2) is 54.7 Å². The third kappa shape index (κ3) is 4.52. The van der Waals surface area contributed by atoms with Crippen molar-refractivity contribution < 1.29 is 14.3 Å². The van der Waals surface area contributed by atoms with Crippen molar-refractivity contribution in [3.05, 3.63) is 82.3 Å². The van der Waals surface area contributed by atoms with Crippen LogP contribution in [-0.4, -0.2) is 41.4 Å². The summed E-state index contributed by atoms with van der Waals surface area (Å²) in [6.45, 7) is 2.21. The minimum atomic E-state index is -0.231. The van der Waals surface area contributed by atoms with Gasteiger partial charge in [0, 0.05) is 53.8 Å². The maximum atomic E-state index is 12.8. The molecule has 4 aromatic rings. The fourth-order valence-corrected chi connectivity index (χ4v) is 4.45. The van der Waals surface area contributed by atoms with E-state index in [1.165, 1.54) is 6.08 Å². The van der Waals surface area contributed by atoms with Gasteiger partial charge in [-0.2, -0.15) is 5.10 Å². The lowest BCUT2D eigenvalue weighted by Gasteiger charge is -2.21. The van der Waals surface area contributed by atoms with Crippen LogP contribution in [0.1, 0.15) is 28.3 Å². The first-order valence-corrected chi connectivity index (χ1v) is 11.2. The number of hydrogen-bond acceptors (Lipinski definition) is 4. The molecule has 8 heteroatoms. The summed E-state index contributed by atoms with van der Waals surface area (Å²) in [5.74, 6) is 0.869. The van der Waals surface area contributed by atoms with E-state index in [1.807, 2.05) is 49.5 Å². The van der Waals surface area contributed by atoms with Gasteiger partial charge in [0.2, 0.25) is 5.91 Å². The number of halogens is 1. The molecule has 1 atom stereocenters. The zero-order chi connectivity index (χ0) is 24.2. The SMILES string of the molecule is COc1cccc(C(CNC(=O)/C=C/c2c(C)nn(C)c2Cl)c2c[nH]c3ccccc23)c1OC. The zero-order valence-electron chi connectivity index (χ0n) is 19.6. The molecule has 0 aliphatic heterocycles. The Kier molecular flexibility index (Phi) is 6.93. The number of nitrogens with one attached hydrogen (secondary N) is 2. The second-order valence-corrected chi connectivity index (χ2v) is 8.27. The minimum Gasteiger partial charge on any atom is -0.493 e. The number of rotatable bonds is 8. The highest BCUT2D eigenvalue weighted by Crippen LogP contribution is 2.40. The number of H-pyrrole nitrogens is 1. The molecule has 1 amide bonds. The number of carbonyl (C=O) groups excluding carboxylic acids is 1. The first-order valence-electron chi connectivity index (χ1n) is 10.9. The van der Waals surface area contributed by atoms with Crippen molar-refractivity contribution in [3.63, 3.8) is 0 Å². The average molecular weight is 479 g/mol. The number of methoxy groups -OCH3 is 2. The van der Waals surface area contributed by atoms with Crippen LogP contribution in [0.25, 0.3) is 17.0 Å². The Labute approximate surface area is 203 Å². The Morgan fingerprint density at radius 1 is 1.18 bits per heavy atom. The van der Waals surface area contributed by atoms with Crippen molar-refractivity contribution in [2.45, 2.75) is 12.8 Å². The van der Waals surface area contributed by atoms with Gasteiger partial charge >= 0.3 is 0 Å². The second-order valence-electron chi connectivity index (χ2n) is 7.92. The summed E-state index contributed by atoms with van der Waals surface area (Å²) in [5, 5.41) is 8.87. The molecule has 0 saturated heterocycles. The van der Waals surface area contributed by atoms with Gasteiger partial charge in [0.1, 0.15) is 5.15 Å². The lowest BCUT2D eigenvalue weighted by molar-refractivity contribution is -0.116. The van der Waals surface area contributed by atoms with E-state index in [1.54, 1.807) is 32.0 Å². The molecule has 0 spiro atoms. The Morgan fingerprint density at radius 2 is 1.97 bits per heavy atom. The van der Waals surface area contributed by atoms with E-state index in [0.29, 0.717) is 23.2 Å². The maximum Gasteiger partial charge on any atom is 0.244 e. The van der Waals surface area contributed by atoms with Crippen LogP contribution in [0.2, 0.25) is 5.15 Å². The topological polar surface area (TPSA) is 81.2 Å². The summed E-state index contributed by atoms with van der Waals surface area (Å²) in [6.07, 6.45) is 5.15. The van der Waals surface area contributed by atoms with Gasteiger partial charge in [0.05, 0.1) is 19.9 Å². The van der Waals surface area contributed by atoms with Gasteiger partial charge in [-0.15, -0.1) is 0 Å². The predicted octanol–water partition coefficient (Wildman–Crippen LogP) is 4.84. The Morgan fingerprint density at radius 3 is 2.68 bits per heavy atom. The molecule has 0 saturated carbocycles. The van der Waals surface area contributed by atoms with Crippen molar-refractivity contribution in [3.8, 4) is 11.5 Å². The van der Waals surface area contributed by atoms with Gasteiger partial charge in [-0.25, -0.2) is 0 Å². The molecular weight excluding hydrogens is 452 g/mol. The largest absolute Gasteiger partial charge is 0.493 e. The molecule has 0 radical (unpaired) electrons. The molecule has 176 valence electrons. The lowest BCUT2D eigenvalue weighted by atomic mass is 9.89. The molecule has 2 aromatic heterocycles. The third-order valence-electron chi connectivity index (χ3n) is 5.88. The summed E-state index contributed by atoms with van der Waals surface area (Å²) in [5.41, 5.74) is 4.48. The van der Waals surface area contributed by atoms with Gasteiger partial charge in [-0.05, 0) is 30.7 Å². The van der Waals surface area contributed by atoms with Gasteiger partial charge < -0.3 is 19.8 Å². The summed E-state index contributed by atoms with van der Waals surface area (Å²) in [4.78, 5) is 16.1. The van der Waals surface area contributed by atoms with Gasteiger partial charge in [-0.3, -0.25) is 9.48 Å². The molecule has 34 heavy (non-hydrogen) atoms. The first kappa shape index (κ1) is 23.4. The number of hydrogen-bond donors (Lipinski definition) is 2. The normalized spacial score (nSPS) is 12.3. The minimum absolute atomic E-state index is 0.178. The smallest absolute Gasteiger partial charge is 0.244 e. The molecule has 2 N–H and O–H groups in total. The molecule has 0 aliphatic rings. The summed E-state index contributed by atoms with van der Waals surface area (Å²) in [6, 6.07) is 13.9. The van der Waals surface area contributed by atoms with E-state index in [2.05, 4.69) is 21.5 Å². The molecule has 2 heterocycles. The fourth-order valence-electron chi connectivity index (χ4n) is 4.21. The van der Waals surface area contributed by atoms with Crippen LogP contribution < -0.4 is 14.8 Å². The summed E-state index contributed by atoms with van der Waals surface area (Å²) < 4.78 is 12.8. The van der Waals surface area contributed by atoms with Crippen LogP contribution in [-0.2, 0) is 11.8 Å². The molecule has 0 aliphatic carbocycles. The Balaban J connectivity index is 1.66. The van der Waals surface area contributed by atoms with Crippen LogP contribution in [0.5, 0.6) is 11.5 Å². The molecule has 2 aromatic carbocycles. The van der Waals surface area contributed by atoms with Gasteiger partial charge in [0.25, 0.3) is 0 Å². The molecule has 0 bridgehead atoms. The van der Waals surface area contributed by atoms with E-state index < -0.39 is 0 Å². The number of aryl methyl sites for hydroxylation is 2. The highest BCUT2D eigenvalue weighted by atomic mass is 35.5. The van der Waals surface area contributed by atoms with E-state index >= 15 is 0 Å². The number of amides is 1. The molecule has 0 fully saturated rings. The average Bonchev–Trinajstić information content (AvgIpc) is 3.37. The summed E-state index contributed by atoms with van der Waals surface area (Å²) in [7, 11) is 5.00. The van der Waals surface area contributed by atoms with Crippen LogP contribution in [0.3, 0.4) is 0 Å². The number of aromatic amines is 1. The third-order valence-corrected chi connectivity index (χ3v) is 6.33. The Bertz CT molecular complexity index is 1360.